The largest absolute Gasteiger partial charge is 0.494 e. The SMILES string of the molecule is CCN(CCCl)CCNc1c2ccccc2nc2c(OC)cccc12. The van der Waals surface area contributed by atoms with Gasteiger partial charge in [0.05, 0.1) is 18.3 Å². The number of ether oxygens (including phenoxy) is 1. The lowest BCUT2D eigenvalue weighted by Crippen LogP contribution is -2.30. The van der Waals surface area contributed by atoms with Crippen LogP contribution in [0.5, 0.6) is 5.75 Å². The van der Waals surface area contributed by atoms with Gasteiger partial charge in [-0.3, -0.25) is 0 Å². The van der Waals surface area contributed by atoms with Crippen molar-refractivity contribution < 1.29 is 4.74 Å². The molecular weight excluding hydrogens is 334 g/mol. The number of para-hydroxylation sites is 2. The van der Waals surface area contributed by atoms with E-state index >= 15 is 0 Å². The smallest absolute Gasteiger partial charge is 0.145 e. The average Bonchev–Trinajstić information content (AvgIpc) is 2.66. The van der Waals surface area contributed by atoms with Crippen molar-refractivity contribution in [3.05, 3.63) is 42.5 Å². The highest BCUT2D eigenvalue weighted by Gasteiger charge is 2.12. The zero-order valence-electron chi connectivity index (χ0n) is 14.8. The monoisotopic (exact) mass is 357 g/mol. The summed E-state index contributed by atoms with van der Waals surface area (Å²) in [5.74, 6) is 1.45. The highest BCUT2D eigenvalue weighted by atomic mass is 35.5. The summed E-state index contributed by atoms with van der Waals surface area (Å²) in [4.78, 5) is 7.14. The van der Waals surface area contributed by atoms with E-state index in [1.54, 1.807) is 7.11 Å². The number of nitrogens with zero attached hydrogens (tertiary/aromatic N) is 2. The molecule has 2 aromatic carbocycles. The minimum absolute atomic E-state index is 0.659. The van der Waals surface area contributed by atoms with Gasteiger partial charge in [-0.1, -0.05) is 37.3 Å². The van der Waals surface area contributed by atoms with Crippen molar-refractivity contribution in [3.8, 4) is 5.75 Å². The summed E-state index contributed by atoms with van der Waals surface area (Å²) in [5, 5.41) is 5.84. The van der Waals surface area contributed by atoms with Crippen LogP contribution in [0.15, 0.2) is 42.5 Å². The van der Waals surface area contributed by atoms with E-state index in [2.05, 4.69) is 29.3 Å². The molecule has 3 rings (SSSR count). The normalized spacial score (nSPS) is 11.4. The summed E-state index contributed by atoms with van der Waals surface area (Å²) in [5.41, 5.74) is 2.97. The minimum atomic E-state index is 0.659. The highest BCUT2D eigenvalue weighted by Crippen LogP contribution is 2.34. The van der Waals surface area contributed by atoms with Gasteiger partial charge in [-0.05, 0) is 18.7 Å². The van der Waals surface area contributed by atoms with Gasteiger partial charge in [0, 0.05) is 36.3 Å². The van der Waals surface area contributed by atoms with Crippen molar-refractivity contribution in [1.29, 1.82) is 0 Å². The molecule has 1 N–H and O–H groups in total. The molecule has 0 spiro atoms. The van der Waals surface area contributed by atoms with Crippen LogP contribution >= 0.6 is 11.6 Å². The number of benzene rings is 2. The Labute approximate surface area is 153 Å². The molecule has 0 aliphatic heterocycles. The predicted octanol–water partition coefficient (Wildman–Crippen LogP) is 4.37. The van der Waals surface area contributed by atoms with Gasteiger partial charge in [0.15, 0.2) is 0 Å². The molecule has 0 amide bonds. The van der Waals surface area contributed by atoms with E-state index in [-0.39, 0.29) is 0 Å². The lowest BCUT2D eigenvalue weighted by atomic mass is 10.1. The Balaban J connectivity index is 1.99. The third-order valence-electron chi connectivity index (χ3n) is 4.47. The number of hydrogen-bond acceptors (Lipinski definition) is 4. The first-order valence-electron chi connectivity index (χ1n) is 8.66. The first kappa shape index (κ1) is 17.8. The summed E-state index contributed by atoms with van der Waals surface area (Å²) in [7, 11) is 1.68. The van der Waals surface area contributed by atoms with Crippen LogP contribution in [0.1, 0.15) is 6.92 Å². The molecule has 25 heavy (non-hydrogen) atoms. The van der Waals surface area contributed by atoms with Crippen molar-refractivity contribution >= 4 is 39.1 Å². The topological polar surface area (TPSA) is 37.4 Å². The number of rotatable bonds is 8. The molecular formula is C20H24ClN3O. The molecule has 0 atom stereocenters. The Bertz CT molecular complexity index is 853. The van der Waals surface area contributed by atoms with Gasteiger partial charge in [0.25, 0.3) is 0 Å². The van der Waals surface area contributed by atoms with E-state index in [4.69, 9.17) is 21.3 Å². The van der Waals surface area contributed by atoms with Crippen LogP contribution in [0.3, 0.4) is 0 Å². The summed E-state index contributed by atoms with van der Waals surface area (Å²) in [6, 6.07) is 14.3. The van der Waals surface area contributed by atoms with Crippen LogP contribution in [0, 0.1) is 0 Å². The maximum absolute atomic E-state index is 5.88. The molecule has 1 heterocycles. The lowest BCUT2D eigenvalue weighted by molar-refractivity contribution is 0.318. The molecule has 5 heteroatoms. The molecule has 0 radical (unpaired) electrons. The average molecular weight is 358 g/mol. The predicted molar refractivity (Wildman–Crippen MR) is 107 cm³/mol. The fourth-order valence-electron chi connectivity index (χ4n) is 3.13. The third kappa shape index (κ3) is 3.80. The van der Waals surface area contributed by atoms with Crippen LogP contribution < -0.4 is 10.1 Å². The molecule has 0 bridgehead atoms. The Kier molecular flexibility index (Phi) is 5.95. The fourth-order valence-corrected chi connectivity index (χ4v) is 3.37. The van der Waals surface area contributed by atoms with Crippen molar-refractivity contribution in [2.24, 2.45) is 0 Å². The second-order valence-electron chi connectivity index (χ2n) is 5.91. The van der Waals surface area contributed by atoms with E-state index in [9.17, 15) is 0 Å². The number of halogens is 1. The molecule has 0 fully saturated rings. The third-order valence-corrected chi connectivity index (χ3v) is 4.64. The van der Waals surface area contributed by atoms with Gasteiger partial charge < -0.3 is 15.0 Å². The van der Waals surface area contributed by atoms with Gasteiger partial charge in [-0.25, -0.2) is 4.98 Å². The van der Waals surface area contributed by atoms with Crippen LogP contribution in [0.2, 0.25) is 0 Å². The van der Waals surface area contributed by atoms with E-state index in [0.29, 0.717) is 5.88 Å². The zero-order chi connectivity index (χ0) is 17.6. The van der Waals surface area contributed by atoms with E-state index in [0.717, 1.165) is 59.4 Å². The van der Waals surface area contributed by atoms with Crippen LogP contribution in [0.4, 0.5) is 5.69 Å². The summed E-state index contributed by atoms with van der Waals surface area (Å²) in [6.45, 7) is 5.87. The standard InChI is InChI=1S/C20H24ClN3O/c1-3-24(13-11-21)14-12-22-19-15-7-4-5-9-17(15)23-20-16(19)8-6-10-18(20)25-2/h4-10H,3,11-14H2,1-2H3,(H,22,23). The maximum Gasteiger partial charge on any atom is 0.145 e. The number of pyridine rings is 1. The van der Waals surface area contributed by atoms with Crippen LogP contribution in [-0.2, 0) is 0 Å². The molecule has 4 nitrogen and oxygen atoms in total. The highest BCUT2D eigenvalue weighted by molar-refractivity contribution is 6.18. The number of aromatic nitrogens is 1. The molecule has 0 unspecified atom stereocenters. The maximum atomic E-state index is 5.88. The number of alkyl halides is 1. The Hall–Kier alpha value is -2.04. The quantitative estimate of drug-likeness (QED) is 0.480. The van der Waals surface area contributed by atoms with Crippen molar-refractivity contribution in [3.63, 3.8) is 0 Å². The molecule has 1 aromatic heterocycles. The lowest BCUT2D eigenvalue weighted by Gasteiger charge is -2.20. The number of likely N-dealkylation sites (N-methyl/N-ethyl adjacent to an activating group) is 1. The number of methoxy groups -OCH3 is 1. The van der Waals surface area contributed by atoms with E-state index < -0.39 is 0 Å². The van der Waals surface area contributed by atoms with Crippen LogP contribution in [0.25, 0.3) is 21.8 Å². The van der Waals surface area contributed by atoms with Crippen LogP contribution in [-0.4, -0.2) is 49.1 Å². The molecule has 0 saturated carbocycles. The Morgan fingerprint density at radius 2 is 1.88 bits per heavy atom. The number of anilines is 1. The van der Waals surface area contributed by atoms with Gasteiger partial charge in [-0.2, -0.15) is 0 Å². The van der Waals surface area contributed by atoms with E-state index in [1.165, 1.54) is 0 Å². The summed E-state index contributed by atoms with van der Waals surface area (Å²) < 4.78 is 5.51. The molecule has 3 aromatic rings. The molecule has 0 aliphatic rings. The first-order chi connectivity index (χ1) is 12.3. The number of fused-ring (bicyclic) bond motifs is 2. The minimum Gasteiger partial charge on any atom is -0.494 e. The van der Waals surface area contributed by atoms with Crippen molar-refractivity contribution in [2.45, 2.75) is 6.92 Å². The van der Waals surface area contributed by atoms with Gasteiger partial charge in [0.1, 0.15) is 11.3 Å². The van der Waals surface area contributed by atoms with Crippen molar-refractivity contribution in [2.75, 3.05) is 44.5 Å². The Morgan fingerprint density at radius 1 is 1.08 bits per heavy atom. The zero-order valence-corrected chi connectivity index (χ0v) is 15.5. The fraction of sp³-hybridized carbons (Fsp3) is 0.350. The second kappa shape index (κ2) is 8.37. The molecule has 0 aliphatic carbocycles. The second-order valence-corrected chi connectivity index (χ2v) is 6.29. The number of nitrogens with one attached hydrogen (secondary N) is 1. The van der Waals surface area contributed by atoms with Gasteiger partial charge >= 0.3 is 0 Å². The van der Waals surface area contributed by atoms with E-state index in [1.807, 2.05) is 30.3 Å². The number of hydrogen-bond donors (Lipinski definition) is 1. The summed E-state index contributed by atoms with van der Waals surface area (Å²) >= 11 is 5.88. The molecule has 132 valence electrons. The van der Waals surface area contributed by atoms with Gasteiger partial charge in [-0.15, -0.1) is 11.6 Å². The Morgan fingerprint density at radius 3 is 2.64 bits per heavy atom. The first-order valence-corrected chi connectivity index (χ1v) is 9.19. The summed E-state index contributed by atoms with van der Waals surface area (Å²) in [6.07, 6.45) is 0. The molecule has 0 saturated heterocycles. The van der Waals surface area contributed by atoms with Gasteiger partial charge in [0.2, 0.25) is 0 Å². The van der Waals surface area contributed by atoms with Crippen molar-refractivity contribution in [1.82, 2.24) is 9.88 Å².